The van der Waals surface area contributed by atoms with E-state index >= 15 is 0 Å². The third-order valence-electron chi connectivity index (χ3n) is 4.29. The van der Waals surface area contributed by atoms with Crippen LogP contribution in [0.25, 0.3) is 0 Å². The molecule has 0 fully saturated rings. The summed E-state index contributed by atoms with van der Waals surface area (Å²) in [5.41, 5.74) is 10.8. The number of amides is 4. The molecule has 7 N–H and O–H groups in total. The minimum absolute atomic E-state index is 0.0565. The summed E-state index contributed by atoms with van der Waals surface area (Å²) in [5, 5.41) is 7.74. The fraction of sp³-hybridized carbons (Fsp3) is 0.762. The van der Waals surface area contributed by atoms with E-state index < -0.39 is 11.9 Å². The highest BCUT2D eigenvalue weighted by Crippen LogP contribution is 2.01. The number of nitrogens with two attached hydrogens (primary N) is 2. The maximum atomic E-state index is 11.9. The van der Waals surface area contributed by atoms with E-state index in [-0.39, 0.29) is 73.8 Å². The summed E-state index contributed by atoms with van der Waals surface area (Å²) >= 11 is 1.24. The fourth-order valence-corrected chi connectivity index (χ4v) is 3.15. The second kappa shape index (κ2) is 22.2. The van der Waals surface area contributed by atoms with Crippen LogP contribution in [0.15, 0.2) is 0 Å². The van der Waals surface area contributed by atoms with Crippen LogP contribution in [0.2, 0.25) is 0 Å². The molecule has 35 heavy (non-hydrogen) atoms. The maximum absolute atomic E-state index is 11.9. The van der Waals surface area contributed by atoms with Crippen molar-refractivity contribution in [3.63, 3.8) is 0 Å². The normalized spacial score (nSPS) is 11.5. The Labute approximate surface area is 210 Å². The van der Waals surface area contributed by atoms with Gasteiger partial charge in [-0.25, -0.2) is 0 Å². The van der Waals surface area contributed by atoms with Gasteiger partial charge in [0.15, 0.2) is 0 Å². The van der Waals surface area contributed by atoms with Gasteiger partial charge in [-0.1, -0.05) is 0 Å². The van der Waals surface area contributed by atoms with Crippen molar-refractivity contribution in [2.75, 3.05) is 71.3 Å². The molecule has 0 radical (unpaired) electrons. The second-order valence-electron chi connectivity index (χ2n) is 7.28. The fourth-order valence-electron chi connectivity index (χ4n) is 2.34. The summed E-state index contributed by atoms with van der Waals surface area (Å²) in [4.78, 5) is 56.7. The van der Waals surface area contributed by atoms with E-state index in [0.29, 0.717) is 39.6 Å². The van der Waals surface area contributed by atoms with Crippen LogP contribution in [0, 0.1) is 0 Å². The number of ether oxygens (including phenoxy) is 3. The van der Waals surface area contributed by atoms with Gasteiger partial charge in [0.1, 0.15) is 5.78 Å². The number of rotatable bonds is 23. The van der Waals surface area contributed by atoms with Gasteiger partial charge in [-0.2, -0.15) is 0 Å². The third-order valence-corrected chi connectivity index (χ3v) is 5.35. The summed E-state index contributed by atoms with van der Waals surface area (Å²) < 4.78 is 16.0. The van der Waals surface area contributed by atoms with Crippen LogP contribution in [-0.4, -0.2) is 107 Å². The van der Waals surface area contributed by atoms with Crippen molar-refractivity contribution in [3.05, 3.63) is 0 Å². The number of hydrogen-bond acceptors (Lipinski definition) is 10. The van der Waals surface area contributed by atoms with Gasteiger partial charge in [-0.05, 0) is 0 Å². The molecule has 13 nitrogen and oxygen atoms in total. The summed E-state index contributed by atoms with van der Waals surface area (Å²) in [7, 11) is 1.53. The van der Waals surface area contributed by atoms with Crippen molar-refractivity contribution in [1.29, 1.82) is 0 Å². The lowest BCUT2D eigenvalue weighted by Crippen LogP contribution is -2.43. The van der Waals surface area contributed by atoms with Gasteiger partial charge < -0.3 is 41.6 Å². The van der Waals surface area contributed by atoms with E-state index in [2.05, 4.69) is 16.0 Å². The van der Waals surface area contributed by atoms with Gasteiger partial charge in [-0.15, -0.1) is 11.8 Å². The van der Waals surface area contributed by atoms with Gasteiger partial charge in [0, 0.05) is 51.6 Å². The van der Waals surface area contributed by atoms with Crippen molar-refractivity contribution in [3.8, 4) is 0 Å². The zero-order valence-corrected chi connectivity index (χ0v) is 21.1. The first-order valence-electron chi connectivity index (χ1n) is 11.4. The summed E-state index contributed by atoms with van der Waals surface area (Å²) in [6.07, 6.45) is 0.641. The van der Waals surface area contributed by atoms with Gasteiger partial charge in [-0.3, -0.25) is 24.0 Å². The van der Waals surface area contributed by atoms with Crippen LogP contribution in [0.5, 0.6) is 0 Å². The number of carbonyl (C=O) groups is 5. The highest BCUT2D eigenvalue weighted by molar-refractivity contribution is 8.00. The highest BCUT2D eigenvalue weighted by Gasteiger charge is 2.14. The smallest absolute Gasteiger partial charge is 0.237 e. The predicted molar refractivity (Wildman–Crippen MR) is 131 cm³/mol. The molecule has 14 heteroatoms. The minimum atomic E-state index is -0.750. The van der Waals surface area contributed by atoms with Crippen LogP contribution in [0.1, 0.15) is 25.7 Å². The van der Waals surface area contributed by atoms with Crippen LogP contribution >= 0.6 is 11.8 Å². The predicted octanol–water partition coefficient (Wildman–Crippen LogP) is -2.31. The topological polar surface area (TPSA) is 201 Å². The van der Waals surface area contributed by atoms with Crippen LogP contribution in [-0.2, 0) is 38.2 Å². The molecule has 0 aliphatic carbocycles. The van der Waals surface area contributed by atoms with Crippen molar-refractivity contribution in [1.82, 2.24) is 16.0 Å². The summed E-state index contributed by atoms with van der Waals surface area (Å²) in [6, 6.07) is -0.750. The molecule has 0 saturated heterocycles. The van der Waals surface area contributed by atoms with Crippen LogP contribution < -0.4 is 27.4 Å². The number of hydrogen-bond donors (Lipinski definition) is 5. The number of nitrogens with one attached hydrogen (secondary N) is 3. The standard InChI is InChI=1S/C21H39N5O8S/c1-24-19(29)4-6-25-20(30)15-35-14-17(22)21(31)26-7-9-33-11-13-34-12-10-32-8-5-16(27)2-3-18(23)28/h17H,2-15,22H2,1H3,(H2,23,28)(H,24,29)(H,25,30)(H,26,31)/t17-/m0/s1. The number of ketones is 1. The second-order valence-corrected chi connectivity index (χ2v) is 8.31. The molecule has 0 rings (SSSR count). The van der Waals surface area contributed by atoms with Gasteiger partial charge in [0.2, 0.25) is 23.6 Å². The molecule has 4 amide bonds. The lowest BCUT2D eigenvalue weighted by molar-refractivity contribution is -0.124. The summed E-state index contributed by atoms with van der Waals surface area (Å²) in [6.45, 7) is 2.52. The molecule has 0 aliphatic heterocycles. The van der Waals surface area contributed by atoms with Gasteiger partial charge in [0.25, 0.3) is 0 Å². The molecular weight excluding hydrogens is 482 g/mol. The number of primary amides is 1. The monoisotopic (exact) mass is 521 g/mol. The maximum Gasteiger partial charge on any atom is 0.237 e. The molecule has 0 unspecified atom stereocenters. The largest absolute Gasteiger partial charge is 0.379 e. The zero-order valence-electron chi connectivity index (χ0n) is 20.3. The van der Waals surface area contributed by atoms with Crippen molar-refractivity contribution in [2.24, 2.45) is 11.5 Å². The molecule has 0 saturated carbocycles. The molecule has 0 heterocycles. The average Bonchev–Trinajstić information content (AvgIpc) is 2.82. The molecule has 0 spiro atoms. The quantitative estimate of drug-likeness (QED) is 0.0909. The van der Waals surface area contributed by atoms with E-state index in [1.54, 1.807) is 0 Å². The first-order chi connectivity index (χ1) is 16.8. The Morgan fingerprint density at radius 2 is 1.40 bits per heavy atom. The van der Waals surface area contributed by atoms with E-state index in [1.165, 1.54) is 18.8 Å². The molecule has 0 aromatic rings. The Morgan fingerprint density at radius 1 is 0.771 bits per heavy atom. The van der Waals surface area contributed by atoms with E-state index in [9.17, 15) is 24.0 Å². The van der Waals surface area contributed by atoms with E-state index in [4.69, 9.17) is 25.7 Å². The molecule has 1 atom stereocenters. The minimum Gasteiger partial charge on any atom is -0.379 e. The molecule has 0 aromatic carbocycles. The SMILES string of the molecule is CNC(=O)CCNC(=O)CSC[C@H](N)C(=O)NCCOCCOCCOCCC(=O)CCC(N)=O. The number of Topliss-reactive ketones (excluding diaryl/α,β-unsaturated/α-hetero) is 1. The Balaban J connectivity index is 3.50. The third kappa shape index (κ3) is 22.0. The molecule has 0 aliphatic rings. The number of carbonyl (C=O) groups excluding carboxylic acids is 5. The lowest BCUT2D eigenvalue weighted by atomic mass is 10.2. The van der Waals surface area contributed by atoms with E-state index in [0.717, 1.165) is 0 Å². The van der Waals surface area contributed by atoms with Crippen molar-refractivity contribution >= 4 is 41.2 Å². The highest BCUT2D eigenvalue weighted by atomic mass is 32.2. The van der Waals surface area contributed by atoms with Crippen LogP contribution in [0.4, 0.5) is 0 Å². The molecule has 202 valence electrons. The van der Waals surface area contributed by atoms with Crippen molar-refractivity contribution in [2.45, 2.75) is 31.7 Å². The van der Waals surface area contributed by atoms with Gasteiger partial charge in [0.05, 0.1) is 51.4 Å². The van der Waals surface area contributed by atoms with Crippen LogP contribution in [0.3, 0.4) is 0 Å². The Morgan fingerprint density at radius 3 is 2.03 bits per heavy atom. The Hall–Kier alpha value is -2.26. The molecular formula is C21H39N5O8S. The molecule has 0 bridgehead atoms. The van der Waals surface area contributed by atoms with Gasteiger partial charge >= 0.3 is 0 Å². The van der Waals surface area contributed by atoms with Crippen molar-refractivity contribution < 1.29 is 38.2 Å². The molecule has 0 aromatic heterocycles. The lowest BCUT2D eigenvalue weighted by Gasteiger charge is -2.12. The first-order valence-corrected chi connectivity index (χ1v) is 12.5. The Kier molecular flexibility index (Phi) is 20.8. The summed E-state index contributed by atoms with van der Waals surface area (Å²) in [5.74, 6) is -0.830. The average molecular weight is 522 g/mol. The van der Waals surface area contributed by atoms with E-state index in [1.807, 2.05) is 0 Å². The number of thioether (sulfide) groups is 1. The Bertz CT molecular complexity index is 653. The zero-order chi connectivity index (χ0) is 26.3. The first kappa shape index (κ1) is 32.7.